The van der Waals surface area contributed by atoms with Crippen LogP contribution in [-0.2, 0) is 6.61 Å². The minimum absolute atomic E-state index is 0.556. The Morgan fingerprint density at radius 1 is 0.815 bits per heavy atom. The number of nitrogens with zero attached hydrogens (tertiary/aromatic N) is 1. The molecule has 1 N–H and O–H groups in total. The standard InChI is InChI=1S/C24H18N2O/c1-2-6-17(7-3-1)16-27-19-11-13-23-20(14-19)21(15-25-23)24-12-10-18-8-4-5-9-22(18)26-24/h1-15,25H,16H2. The summed E-state index contributed by atoms with van der Waals surface area (Å²) in [6.45, 7) is 0.556. The number of fused-ring (bicyclic) bond motifs is 2. The molecular formula is C24H18N2O. The molecule has 0 fully saturated rings. The van der Waals surface area contributed by atoms with Crippen molar-refractivity contribution in [1.82, 2.24) is 9.97 Å². The Hall–Kier alpha value is -3.59. The fourth-order valence-electron chi connectivity index (χ4n) is 3.36. The maximum absolute atomic E-state index is 6.00. The quantitative estimate of drug-likeness (QED) is 0.434. The van der Waals surface area contributed by atoms with Crippen LogP contribution in [0.1, 0.15) is 5.56 Å². The molecule has 0 spiro atoms. The predicted molar refractivity (Wildman–Crippen MR) is 110 cm³/mol. The molecule has 2 aromatic heterocycles. The number of hydrogen-bond acceptors (Lipinski definition) is 2. The number of hydrogen-bond donors (Lipinski definition) is 1. The van der Waals surface area contributed by atoms with Gasteiger partial charge in [0.05, 0.1) is 11.2 Å². The second kappa shape index (κ2) is 6.61. The first-order chi connectivity index (χ1) is 13.4. The van der Waals surface area contributed by atoms with Crippen molar-refractivity contribution >= 4 is 21.8 Å². The molecule has 3 heteroatoms. The minimum Gasteiger partial charge on any atom is -0.489 e. The number of nitrogens with one attached hydrogen (secondary N) is 1. The molecule has 5 aromatic rings. The van der Waals surface area contributed by atoms with Crippen molar-refractivity contribution in [2.75, 3.05) is 0 Å². The fourth-order valence-corrected chi connectivity index (χ4v) is 3.36. The van der Waals surface area contributed by atoms with Gasteiger partial charge in [0, 0.05) is 28.0 Å². The Bertz CT molecular complexity index is 1230. The molecule has 27 heavy (non-hydrogen) atoms. The van der Waals surface area contributed by atoms with Crippen molar-refractivity contribution in [1.29, 1.82) is 0 Å². The van der Waals surface area contributed by atoms with E-state index in [0.717, 1.165) is 44.4 Å². The van der Waals surface area contributed by atoms with E-state index in [1.54, 1.807) is 0 Å². The maximum atomic E-state index is 6.00. The number of aromatic nitrogens is 2. The number of ether oxygens (including phenoxy) is 1. The molecule has 2 heterocycles. The van der Waals surface area contributed by atoms with Crippen LogP contribution >= 0.6 is 0 Å². The van der Waals surface area contributed by atoms with Gasteiger partial charge in [0.2, 0.25) is 0 Å². The van der Waals surface area contributed by atoms with E-state index in [1.165, 1.54) is 0 Å². The summed E-state index contributed by atoms with van der Waals surface area (Å²) in [6, 6.07) is 28.7. The molecule has 3 nitrogen and oxygen atoms in total. The Morgan fingerprint density at radius 3 is 2.59 bits per heavy atom. The van der Waals surface area contributed by atoms with E-state index in [1.807, 2.05) is 48.7 Å². The Balaban J connectivity index is 1.50. The van der Waals surface area contributed by atoms with Crippen LogP contribution in [0, 0.1) is 0 Å². The molecule has 0 aliphatic heterocycles. The SMILES string of the molecule is c1ccc(COc2ccc3[nH]cc(-c4ccc5ccccc5n4)c3c2)cc1. The van der Waals surface area contributed by atoms with Crippen LogP contribution in [0.15, 0.2) is 91.1 Å². The number of benzene rings is 3. The summed E-state index contributed by atoms with van der Waals surface area (Å²) >= 11 is 0. The van der Waals surface area contributed by atoms with Crippen LogP contribution in [-0.4, -0.2) is 9.97 Å². The molecule has 0 aliphatic carbocycles. The van der Waals surface area contributed by atoms with E-state index in [9.17, 15) is 0 Å². The summed E-state index contributed by atoms with van der Waals surface area (Å²) in [5.41, 5.74) is 5.28. The molecule has 0 radical (unpaired) electrons. The van der Waals surface area contributed by atoms with Crippen molar-refractivity contribution in [2.24, 2.45) is 0 Å². The molecule has 0 bridgehead atoms. The second-order valence-corrected chi connectivity index (χ2v) is 6.57. The highest BCUT2D eigenvalue weighted by Crippen LogP contribution is 2.31. The van der Waals surface area contributed by atoms with Crippen molar-refractivity contribution in [2.45, 2.75) is 6.61 Å². The van der Waals surface area contributed by atoms with Crippen LogP contribution in [0.2, 0.25) is 0 Å². The van der Waals surface area contributed by atoms with Crippen molar-refractivity contribution < 1.29 is 4.74 Å². The third kappa shape index (κ3) is 3.04. The largest absolute Gasteiger partial charge is 0.489 e. The summed E-state index contributed by atoms with van der Waals surface area (Å²) in [5.74, 6) is 0.855. The first kappa shape index (κ1) is 15.6. The highest BCUT2D eigenvalue weighted by molar-refractivity contribution is 5.96. The highest BCUT2D eigenvalue weighted by atomic mass is 16.5. The lowest BCUT2D eigenvalue weighted by Crippen LogP contribution is -1.94. The average molecular weight is 350 g/mol. The molecule has 130 valence electrons. The van der Waals surface area contributed by atoms with E-state index in [0.29, 0.717) is 6.61 Å². The third-order valence-corrected chi connectivity index (χ3v) is 4.78. The fraction of sp³-hybridized carbons (Fsp3) is 0.0417. The zero-order valence-corrected chi connectivity index (χ0v) is 14.7. The number of pyridine rings is 1. The van der Waals surface area contributed by atoms with Gasteiger partial charge >= 0.3 is 0 Å². The van der Waals surface area contributed by atoms with Crippen LogP contribution < -0.4 is 4.74 Å². The zero-order chi connectivity index (χ0) is 18.1. The molecular weight excluding hydrogens is 332 g/mol. The topological polar surface area (TPSA) is 37.9 Å². The van der Waals surface area contributed by atoms with Gasteiger partial charge in [-0.15, -0.1) is 0 Å². The number of aromatic amines is 1. The molecule has 3 aromatic carbocycles. The molecule has 0 saturated carbocycles. The first-order valence-corrected chi connectivity index (χ1v) is 9.01. The monoisotopic (exact) mass is 350 g/mol. The van der Waals surface area contributed by atoms with Gasteiger partial charge in [-0.1, -0.05) is 54.6 Å². The molecule has 5 rings (SSSR count). The van der Waals surface area contributed by atoms with Crippen LogP contribution in [0.5, 0.6) is 5.75 Å². The molecule has 0 unspecified atom stereocenters. The van der Waals surface area contributed by atoms with Gasteiger partial charge in [-0.05, 0) is 35.9 Å². The molecule has 0 aliphatic rings. The van der Waals surface area contributed by atoms with E-state index in [2.05, 4.69) is 47.4 Å². The van der Waals surface area contributed by atoms with Gasteiger partial charge in [-0.25, -0.2) is 4.98 Å². The number of para-hydroxylation sites is 1. The smallest absolute Gasteiger partial charge is 0.120 e. The summed E-state index contributed by atoms with van der Waals surface area (Å²) in [4.78, 5) is 8.17. The maximum Gasteiger partial charge on any atom is 0.120 e. The summed E-state index contributed by atoms with van der Waals surface area (Å²) in [6.07, 6.45) is 2.02. The molecule has 0 amide bonds. The number of H-pyrrole nitrogens is 1. The van der Waals surface area contributed by atoms with Crippen molar-refractivity contribution in [3.63, 3.8) is 0 Å². The Labute approximate surface area is 157 Å². The lowest BCUT2D eigenvalue weighted by molar-refractivity contribution is 0.306. The van der Waals surface area contributed by atoms with Gasteiger partial charge < -0.3 is 9.72 Å². The Morgan fingerprint density at radius 2 is 1.67 bits per heavy atom. The van der Waals surface area contributed by atoms with E-state index in [4.69, 9.17) is 9.72 Å². The van der Waals surface area contributed by atoms with E-state index in [-0.39, 0.29) is 0 Å². The van der Waals surface area contributed by atoms with Crippen LogP contribution in [0.4, 0.5) is 0 Å². The third-order valence-electron chi connectivity index (χ3n) is 4.78. The normalized spacial score (nSPS) is 11.1. The summed E-state index contributed by atoms with van der Waals surface area (Å²) in [5, 5.41) is 2.26. The van der Waals surface area contributed by atoms with Gasteiger partial charge in [0.1, 0.15) is 12.4 Å². The van der Waals surface area contributed by atoms with Crippen molar-refractivity contribution in [3.05, 3.63) is 96.7 Å². The summed E-state index contributed by atoms with van der Waals surface area (Å²) < 4.78 is 6.00. The first-order valence-electron chi connectivity index (χ1n) is 9.01. The van der Waals surface area contributed by atoms with Gasteiger partial charge in [0.15, 0.2) is 0 Å². The number of rotatable bonds is 4. The van der Waals surface area contributed by atoms with Gasteiger partial charge in [-0.3, -0.25) is 0 Å². The predicted octanol–water partition coefficient (Wildman–Crippen LogP) is 5.96. The Kier molecular flexibility index (Phi) is 3.83. The van der Waals surface area contributed by atoms with Crippen LogP contribution in [0.3, 0.4) is 0 Å². The van der Waals surface area contributed by atoms with E-state index < -0.39 is 0 Å². The molecule has 0 saturated heterocycles. The highest BCUT2D eigenvalue weighted by Gasteiger charge is 2.09. The van der Waals surface area contributed by atoms with Crippen molar-refractivity contribution in [3.8, 4) is 17.0 Å². The summed E-state index contributed by atoms with van der Waals surface area (Å²) in [7, 11) is 0. The van der Waals surface area contributed by atoms with E-state index >= 15 is 0 Å². The zero-order valence-electron chi connectivity index (χ0n) is 14.7. The minimum atomic E-state index is 0.556. The second-order valence-electron chi connectivity index (χ2n) is 6.57. The lowest BCUT2D eigenvalue weighted by Gasteiger charge is -2.07. The van der Waals surface area contributed by atoms with Gasteiger partial charge in [0.25, 0.3) is 0 Å². The van der Waals surface area contributed by atoms with Crippen LogP contribution in [0.25, 0.3) is 33.1 Å². The lowest BCUT2D eigenvalue weighted by atomic mass is 10.1. The molecule has 0 atom stereocenters. The average Bonchev–Trinajstić information content (AvgIpc) is 3.16. The van der Waals surface area contributed by atoms with Gasteiger partial charge in [-0.2, -0.15) is 0 Å².